The average molecular weight is 326 g/mol. The highest BCUT2D eigenvalue weighted by Gasteiger charge is 2.29. The fraction of sp³-hybridized carbons (Fsp3) is 0.583. The van der Waals surface area contributed by atoms with Gasteiger partial charge in [-0.1, -0.05) is 0 Å². The van der Waals surface area contributed by atoms with Crippen LogP contribution in [0.4, 0.5) is 5.95 Å². The van der Waals surface area contributed by atoms with Crippen molar-refractivity contribution in [2.24, 2.45) is 0 Å². The molecule has 0 unspecified atom stereocenters. The quantitative estimate of drug-likeness (QED) is 0.883. The third kappa shape index (κ3) is 2.71. The zero-order valence-electron chi connectivity index (χ0n) is 10.7. The van der Waals surface area contributed by atoms with Crippen LogP contribution in [0.15, 0.2) is 17.0 Å². The van der Waals surface area contributed by atoms with Crippen LogP contribution in [0, 0.1) is 0 Å². The van der Waals surface area contributed by atoms with Gasteiger partial charge in [-0.15, -0.1) is 5.10 Å². The summed E-state index contributed by atoms with van der Waals surface area (Å²) in [4.78, 5) is 8.56. The van der Waals surface area contributed by atoms with Crippen molar-refractivity contribution in [3.63, 3.8) is 0 Å². The summed E-state index contributed by atoms with van der Waals surface area (Å²) >= 11 is 3.27. The van der Waals surface area contributed by atoms with Gasteiger partial charge >= 0.3 is 0 Å². The Morgan fingerprint density at radius 1 is 1.47 bits per heavy atom. The van der Waals surface area contributed by atoms with Crippen LogP contribution in [0.5, 0.6) is 0 Å². The SMILES string of the molecule is CC1(O)CCC(Nc2nccc3nc(Br)nn23)CC1. The molecule has 2 N–H and O–H groups in total. The van der Waals surface area contributed by atoms with Gasteiger partial charge in [-0.3, -0.25) is 0 Å². The predicted molar refractivity (Wildman–Crippen MR) is 75.0 cm³/mol. The van der Waals surface area contributed by atoms with E-state index in [0.29, 0.717) is 16.7 Å². The van der Waals surface area contributed by atoms with Crippen LogP contribution in [-0.4, -0.2) is 36.3 Å². The number of nitrogens with one attached hydrogen (secondary N) is 1. The molecular weight excluding hydrogens is 310 g/mol. The number of hydrogen-bond acceptors (Lipinski definition) is 5. The summed E-state index contributed by atoms with van der Waals surface area (Å²) in [5, 5.41) is 17.6. The molecule has 1 aliphatic rings. The second kappa shape index (κ2) is 4.72. The Kier molecular flexibility index (Phi) is 3.18. The van der Waals surface area contributed by atoms with Crippen molar-refractivity contribution in [3.8, 4) is 0 Å². The van der Waals surface area contributed by atoms with Gasteiger partial charge in [-0.25, -0.2) is 9.97 Å². The molecule has 2 aromatic rings. The van der Waals surface area contributed by atoms with Crippen LogP contribution in [-0.2, 0) is 0 Å². The highest BCUT2D eigenvalue weighted by Crippen LogP contribution is 2.29. The van der Waals surface area contributed by atoms with E-state index >= 15 is 0 Å². The van der Waals surface area contributed by atoms with Gasteiger partial charge in [0.1, 0.15) is 0 Å². The number of halogens is 1. The summed E-state index contributed by atoms with van der Waals surface area (Å²) in [6, 6.07) is 2.13. The molecule has 0 spiro atoms. The molecule has 0 aliphatic heterocycles. The molecule has 1 aliphatic carbocycles. The minimum Gasteiger partial charge on any atom is -0.390 e. The molecule has 1 saturated carbocycles. The van der Waals surface area contributed by atoms with Crippen LogP contribution in [0.3, 0.4) is 0 Å². The third-order valence-corrected chi connectivity index (χ3v) is 3.96. The minimum atomic E-state index is -0.520. The van der Waals surface area contributed by atoms with Crippen molar-refractivity contribution in [1.82, 2.24) is 19.6 Å². The standard InChI is InChI=1S/C12H16BrN5O/c1-12(19)5-2-8(3-6-12)15-11-14-7-4-9-16-10(13)17-18(9)11/h4,7-8,19H,2-3,5-6H2,1H3,(H,14,15). The zero-order valence-corrected chi connectivity index (χ0v) is 12.3. The fourth-order valence-corrected chi connectivity index (χ4v) is 2.80. The van der Waals surface area contributed by atoms with Gasteiger partial charge in [0.2, 0.25) is 10.7 Å². The lowest BCUT2D eigenvalue weighted by Gasteiger charge is -2.33. The van der Waals surface area contributed by atoms with E-state index in [0.717, 1.165) is 31.3 Å². The van der Waals surface area contributed by atoms with Crippen molar-refractivity contribution >= 4 is 27.5 Å². The molecule has 3 rings (SSSR count). The van der Waals surface area contributed by atoms with Crippen LogP contribution in [0.1, 0.15) is 32.6 Å². The van der Waals surface area contributed by atoms with Crippen molar-refractivity contribution in [3.05, 3.63) is 17.0 Å². The van der Waals surface area contributed by atoms with E-state index < -0.39 is 5.60 Å². The normalized spacial score (nSPS) is 27.6. The summed E-state index contributed by atoms with van der Waals surface area (Å²) in [5.41, 5.74) is 0.237. The van der Waals surface area contributed by atoms with Gasteiger partial charge < -0.3 is 10.4 Å². The molecule has 0 radical (unpaired) electrons. The third-order valence-electron chi connectivity index (χ3n) is 3.62. The van der Waals surface area contributed by atoms with Crippen LogP contribution in [0.25, 0.3) is 5.65 Å². The van der Waals surface area contributed by atoms with Gasteiger partial charge in [-0.2, -0.15) is 4.52 Å². The fourth-order valence-electron chi connectivity index (χ4n) is 2.46. The molecule has 102 valence electrons. The molecule has 0 amide bonds. The van der Waals surface area contributed by atoms with E-state index in [1.807, 2.05) is 13.0 Å². The van der Waals surface area contributed by atoms with Crippen LogP contribution < -0.4 is 5.32 Å². The van der Waals surface area contributed by atoms with Crippen molar-refractivity contribution in [2.45, 2.75) is 44.2 Å². The molecule has 6 nitrogen and oxygen atoms in total. The van der Waals surface area contributed by atoms with E-state index in [1.54, 1.807) is 10.7 Å². The number of anilines is 1. The number of rotatable bonds is 2. The van der Waals surface area contributed by atoms with Crippen molar-refractivity contribution in [2.75, 3.05) is 5.32 Å². The summed E-state index contributed by atoms with van der Waals surface area (Å²) in [7, 11) is 0. The Morgan fingerprint density at radius 3 is 2.95 bits per heavy atom. The van der Waals surface area contributed by atoms with Gasteiger partial charge in [-0.05, 0) is 48.5 Å². The first-order valence-corrected chi connectivity index (χ1v) is 7.19. The maximum Gasteiger partial charge on any atom is 0.226 e. The molecule has 2 heterocycles. The molecule has 0 saturated heterocycles. The predicted octanol–water partition coefficient (Wildman–Crippen LogP) is 1.99. The topological polar surface area (TPSA) is 75.3 Å². The molecule has 7 heteroatoms. The number of nitrogens with zero attached hydrogens (tertiary/aromatic N) is 4. The van der Waals surface area contributed by atoms with E-state index in [9.17, 15) is 5.11 Å². The Hall–Kier alpha value is -1.21. The number of aliphatic hydroxyl groups is 1. The van der Waals surface area contributed by atoms with Crippen molar-refractivity contribution < 1.29 is 5.11 Å². The average Bonchev–Trinajstić information content (AvgIpc) is 2.73. The van der Waals surface area contributed by atoms with Gasteiger partial charge in [0.15, 0.2) is 5.65 Å². The largest absolute Gasteiger partial charge is 0.390 e. The number of fused-ring (bicyclic) bond motifs is 1. The molecule has 0 bridgehead atoms. The van der Waals surface area contributed by atoms with Crippen LogP contribution >= 0.6 is 15.9 Å². The van der Waals surface area contributed by atoms with E-state index in [-0.39, 0.29) is 0 Å². The number of hydrogen-bond donors (Lipinski definition) is 2. The second-order valence-corrected chi connectivity index (χ2v) is 6.04. The Morgan fingerprint density at radius 2 is 2.21 bits per heavy atom. The molecule has 19 heavy (non-hydrogen) atoms. The first kappa shape index (κ1) is 12.8. The summed E-state index contributed by atoms with van der Waals surface area (Å²) in [6.45, 7) is 1.90. The van der Waals surface area contributed by atoms with E-state index in [4.69, 9.17) is 0 Å². The van der Waals surface area contributed by atoms with E-state index in [1.165, 1.54) is 0 Å². The van der Waals surface area contributed by atoms with Gasteiger partial charge in [0.05, 0.1) is 5.60 Å². The minimum absolute atomic E-state index is 0.321. The molecule has 0 atom stereocenters. The molecule has 2 aromatic heterocycles. The lowest BCUT2D eigenvalue weighted by molar-refractivity contribution is 0.0195. The number of aromatic nitrogens is 4. The summed E-state index contributed by atoms with van der Waals surface area (Å²) < 4.78 is 2.24. The summed E-state index contributed by atoms with van der Waals surface area (Å²) in [5.74, 6) is 0.697. The molecule has 0 aromatic carbocycles. The highest BCUT2D eigenvalue weighted by atomic mass is 79.9. The lowest BCUT2D eigenvalue weighted by Crippen LogP contribution is -2.36. The van der Waals surface area contributed by atoms with Gasteiger partial charge in [0, 0.05) is 18.3 Å². The first-order valence-electron chi connectivity index (χ1n) is 6.40. The molecule has 1 fully saturated rings. The summed E-state index contributed by atoms with van der Waals surface area (Å²) in [6.07, 6.45) is 5.20. The maximum absolute atomic E-state index is 9.96. The highest BCUT2D eigenvalue weighted by molar-refractivity contribution is 9.10. The Balaban J connectivity index is 1.79. The zero-order chi connectivity index (χ0) is 13.5. The second-order valence-electron chi connectivity index (χ2n) is 5.33. The maximum atomic E-state index is 9.96. The molecular formula is C12H16BrN5O. The smallest absolute Gasteiger partial charge is 0.226 e. The van der Waals surface area contributed by atoms with Crippen LogP contribution in [0.2, 0.25) is 0 Å². The Bertz CT molecular complexity index is 587. The Labute approximate surface area is 119 Å². The van der Waals surface area contributed by atoms with Gasteiger partial charge in [0.25, 0.3) is 0 Å². The first-order chi connectivity index (χ1) is 9.03. The van der Waals surface area contributed by atoms with E-state index in [2.05, 4.69) is 36.3 Å². The van der Waals surface area contributed by atoms with Crippen molar-refractivity contribution in [1.29, 1.82) is 0 Å². The lowest BCUT2D eigenvalue weighted by atomic mass is 9.84. The monoisotopic (exact) mass is 325 g/mol.